The van der Waals surface area contributed by atoms with Crippen LogP contribution in [0.3, 0.4) is 0 Å². The Balaban J connectivity index is 1.82. The van der Waals surface area contributed by atoms with Crippen LogP contribution in [0.1, 0.15) is 19.5 Å². The summed E-state index contributed by atoms with van der Waals surface area (Å²) >= 11 is 0. The van der Waals surface area contributed by atoms with Crippen LogP contribution in [-0.4, -0.2) is 47.3 Å². The van der Waals surface area contributed by atoms with Crippen LogP contribution in [0.4, 0.5) is 5.95 Å². The number of hydrogen-bond donors (Lipinski definition) is 2. The zero-order valence-corrected chi connectivity index (χ0v) is 13.8. The molecule has 7 nitrogen and oxygen atoms in total. The lowest BCUT2D eigenvalue weighted by atomic mass is 10.2. The molecule has 0 amide bonds. The fourth-order valence-corrected chi connectivity index (χ4v) is 2.44. The lowest BCUT2D eigenvalue weighted by molar-refractivity contribution is 0.279. The van der Waals surface area contributed by atoms with E-state index >= 15 is 0 Å². The van der Waals surface area contributed by atoms with Gasteiger partial charge in [-0.1, -0.05) is 6.92 Å². The van der Waals surface area contributed by atoms with Crippen LogP contribution in [0.5, 0.6) is 5.75 Å². The summed E-state index contributed by atoms with van der Waals surface area (Å²) in [5.74, 6) is 2.10. The average molecular weight is 314 g/mol. The summed E-state index contributed by atoms with van der Waals surface area (Å²) in [4.78, 5) is 15.7. The molecule has 1 aromatic carbocycles. The zero-order chi connectivity index (χ0) is 16.2. The molecule has 0 bridgehead atoms. The molecular formula is C16H22N6O. The van der Waals surface area contributed by atoms with Crippen molar-refractivity contribution in [3.05, 3.63) is 23.9 Å². The molecule has 0 fully saturated rings. The Hall–Kier alpha value is -2.41. The largest absolute Gasteiger partial charge is 0.494 e. The second-order valence-corrected chi connectivity index (χ2v) is 5.34. The standard InChI is InChI=1S/C16H22N6O/c1-4-22-9-17-15(18-10-22)21-16-19-11(3)13-8-12(23-5-2)6-7-14(13)20-16/h6-8H,4-5,9-10H2,1-3H3,(H2,17,18,19,20,21). The predicted octanol–water partition coefficient (Wildman–Crippen LogP) is 1.94. The number of nitrogens with zero attached hydrogens (tertiary/aromatic N) is 4. The third-order valence-corrected chi connectivity index (χ3v) is 3.75. The Morgan fingerprint density at radius 3 is 2.87 bits per heavy atom. The first-order valence-electron chi connectivity index (χ1n) is 7.88. The molecule has 1 aliphatic rings. The van der Waals surface area contributed by atoms with E-state index in [2.05, 4.69) is 37.4 Å². The van der Waals surface area contributed by atoms with Crippen LogP contribution in [-0.2, 0) is 0 Å². The number of aliphatic imine (C=N–C) groups is 1. The highest BCUT2D eigenvalue weighted by Crippen LogP contribution is 2.22. The van der Waals surface area contributed by atoms with Gasteiger partial charge in [0.05, 0.1) is 31.2 Å². The Bertz CT molecular complexity index is 730. The first-order valence-corrected chi connectivity index (χ1v) is 7.88. The van der Waals surface area contributed by atoms with Crippen molar-refractivity contribution in [1.82, 2.24) is 20.2 Å². The molecule has 0 saturated heterocycles. The van der Waals surface area contributed by atoms with Gasteiger partial charge >= 0.3 is 0 Å². The minimum atomic E-state index is 0.551. The summed E-state index contributed by atoms with van der Waals surface area (Å²) in [6.07, 6.45) is 0. The molecule has 122 valence electrons. The van der Waals surface area contributed by atoms with Gasteiger partial charge in [-0.15, -0.1) is 0 Å². The van der Waals surface area contributed by atoms with Crippen molar-refractivity contribution in [3.8, 4) is 5.75 Å². The number of benzene rings is 1. The Labute approximate surface area is 135 Å². The summed E-state index contributed by atoms with van der Waals surface area (Å²) in [6, 6.07) is 5.86. The van der Waals surface area contributed by atoms with Gasteiger partial charge < -0.3 is 10.1 Å². The van der Waals surface area contributed by atoms with E-state index in [4.69, 9.17) is 4.74 Å². The van der Waals surface area contributed by atoms with Gasteiger partial charge in [0, 0.05) is 5.39 Å². The second-order valence-electron chi connectivity index (χ2n) is 5.34. The van der Waals surface area contributed by atoms with Crippen molar-refractivity contribution < 1.29 is 4.74 Å². The smallest absolute Gasteiger partial charge is 0.230 e. The molecule has 7 heteroatoms. The quantitative estimate of drug-likeness (QED) is 0.898. The minimum Gasteiger partial charge on any atom is -0.494 e. The van der Waals surface area contributed by atoms with E-state index in [0.29, 0.717) is 25.2 Å². The lowest BCUT2D eigenvalue weighted by Gasteiger charge is -2.25. The molecule has 2 heterocycles. The van der Waals surface area contributed by atoms with Crippen LogP contribution in [0.2, 0.25) is 0 Å². The van der Waals surface area contributed by atoms with Gasteiger partial charge in [0.15, 0.2) is 0 Å². The summed E-state index contributed by atoms with van der Waals surface area (Å²) in [5, 5.41) is 7.38. The number of rotatable bonds is 4. The Morgan fingerprint density at radius 1 is 1.30 bits per heavy atom. The molecule has 0 unspecified atom stereocenters. The molecule has 1 aromatic heterocycles. The highest BCUT2D eigenvalue weighted by Gasteiger charge is 2.12. The SMILES string of the molecule is CCOc1ccc2nc(NC3=NCN(CC)CN3)nc(C)c2c1. The third kappa shape index (κ3) is 3.50. The molecular weight excluding hydrogens is 292 g/mol. The summed E-state index contributed by atoms with van der Waals surface area (Å²) in [5.41, 5.74) is 1.79. The van der Waals surface area contributed by atoms with Crippen LogP contribution in [0.25, 0.3) is 10.9 Å². The highest BCUT2D eigenvalue weighted by molar-refractivity contribution is 5.93. The number of ether oxygens (including phenoxy) is 1. The molecule has 0 radical (unpaired) electrons. The lowest BCUT2D eigenvalue weighted by Crippen LogP contribution is -2.45. The van der Waals surface area contributed by atoms with E-state index in [0.717, 1.165) is 35.6 Å². The van der Waals surface area contributed by atoms with E-state index in [9.17, 15) is 0 Å². The number of fused-ring (bicyclic) bond motifs is 1. The van der Waals surface area contributed by atoms with Gasteiger partial charge in [-0.3, -0.25) is 10.2 Å². The maximum atomic E-state index is 5.54. The minimum absolute atomic E-state index is 0.551. The predicted molar refractivity (Wildman–Crippen MR) is 91.8 cm³/mol. The maximum absolute atomic E-state index is 5.54. The topological polar surface area (TPSA) is 74.7 Å². The van der Waals surface area contributed by atoms with Crippen LogP contribution in [0, 0.1) is 6.92 Å². The monoisotopic (exact) mass is 314 g/mol. The zero-order valence-electron chi connectivity index (χ0n) is 13.8. The molecule has 0 aliphatic carbocycles. The number of aromatic nitrogens is 2. The maximum Gasteiger partial charge on any atom is 0.230 e. The number of hydrogen-bond acceptors (Lipinski definition) is 7. The average Bonchev–Trinajstić information content (AvgIpc) is 2.56. The summed E-state index contributed by atoms with van der Waals surface area (Å²) < 4.78 is 5.54. The molecule has 0 spiro atoms. The van der Waals surface area contributed by atoms with E-state index in [1.165, 1.54) is 0 Å². The van der Waals surface area contributed by atoms with Crippen molar-refractivity contribution in [2.24, 2.45) is 4.99 Å². The molecule has 0 atom stereocenters. The fraction of sp³-hybridized carbons (Fsp3) is 0.438. The molecule has 0 saturated carbocycles. The number of aryl methyl sites for hydroxylation is 1. The highest BCUT2D eigenvalue weighted by atomic mass is 16.5. The van der Waals surface area contributed by atoms with Crippen molar-refractivity contribution in [1.29, 1.82) is 0 Å². The van der Waals surface area contributed by atoms with Crippen LogP contribution < -0.4 is 15.4 Å². The number of anilines is 1. The van der Waals surface area contributed by atoms with Gasteiger partial charge in [-0.2, -0.15) is 0 Å². The fourth-order valence-electron chi connectivity index (χ4n) is 2.44. The van der Waals surface area contributed by atoms with Gasteiger partial charge in [-0.25, -0.2) is 15.0 Å². The van der Waals surface area contributed by atoms with Crippen molar-refractivity contribution in [2.45, 2.75) is 20.8 Å². The first-order chi connectivity index (χ1) is 11.2. The number of nitrogens with one attached hydrogen (secondary N) is 2. The van der Waals surface area contributed by atoms with Gasteiger partial charge in [0.1, 0.15) is 5.75 Å². The van der Waals surface area contributed by atoms with Crippen molar-refractivity contribution in [2.75, 3.05) is 31.8 Å². The molecule has 2 aromatic rings. The molecule has 23 heavy (non-hydrogen) atoms. The van der Waals surface area contributed by atoms with Crippen molar-refractivity contribution >= 4 is 22.8 Å². The van der Waals surface area contributed by atoms with Crippen LogP contribution in [0.15, 0.2) is 23.2 Å². The van der Waals surface area contributed by atoms with Crippen LogP contribution >= 0.6 is 0 Å². The third-order valence-electron chi connectivity index (χ3n) is 3.75. The summed E-state index contributed by atoms with van der Waals surface area (Å²) in [7, 11) is 0. The molecule has 1 aliphatic heterocycles. The second kappa shape index (κ2) is 6.78. The van der Waals surface area contributed by atoms with E-state index in [1.807, 2.05) is 32.0 Å². The van der Waals surface area contributed by atoms with Gasteiger partial charge in [0.25, 0.3) is 0 Å². The number of guanidine groups is 1. The normalized spacial score (nSPS) is 15.2. The van der Waals surface area contributed by atoms with E-state index < -0.39 is 0 Å². The summed E-state index contributed by atoms with van der Waals surface area (Å²) in [6.45, 7) is 9.12. The van der Waals surface area contributed by atoms with E-state index in [-0.39, 0.29) is 0 Å². The Morgan fingerprint density at radius 2 is 2.17 bits per heavy atom. The molecule has 2 N–H and O–H groups in total. The first kappa shape index (κ1) is 15.5. The van der Waals surface area contributed by atoms with E-state index in [1.54, 1.807) is 0 Å². The van der Waals surface area contributed by atoms with Gasteiger partial charge in [-0.05, 0) is 38.6 Å². The van der Waals surface area contributed by atoms with Crippen molar-refractivity contribution in [3.63, 3.8) is 0 Å². The van der Waals surface area contributed by atoms with Gasteiger partial charge in [0.2, 0.25) is 11.9 Å². The Kier molecular flexibility index (Phi) is 4.57. The molecule has 3 rings (SSSR count).